The van der Waals surface area contributed by atoms with Gasteiger partial charge in [-0.2, -0.15) is 0 Å². The maximum Gasteiger partial charge on any atom is 0.237 e. The van der Waals surface area contributed by atoms with Crippen LogP contribution < -0.4 is 11.1 Å². The molecule has 2 unspecified atom stereocenters. The molecule has 5 nitrogen and oxygen atoms in total. The van der Waals surface area contributed by atoms with E-state index < -0.39 is 6.04 Å². The van der Waals surface area contributed by atoms with Crippen LogP contribution in [0.25, 0.3) is 11.3 Å². The van der Waals surface area contributed by atoms with Gasteiger partial charge < -0.3 is 11.1 Å². The zero-order chi connectivity index (χ0) is 16.7. The zero-order valence-corrected chi connectivity index (χ0v) is 14.5. The zero-order valence-electron chi connectivity index (χ0n) is 13.7. The van der Waals surface area contributed by atoms with Crippen molar-refractivity contribution in [3.05, 3.63) is 34.9 Å². The summed E-state index contributed by atoms with van der Waals surface area (Å²) in [5.41, 5.74) is 7.97. The van der Waals surface area contributed by atoms with E-state index in [4.69, 9.17) is 5.73 Å². The number of carbonyl (C=O) groups excluding carboxylic acids is 1. The topological polar surface area (TPSA) is 80.9 Å². The molecule has 0 aliphatic rings. The number of hydrogen-bond acceptors (Lipinski definition) is 5. The Morgan fingerprint density at radius 1 is 1.39 bits per heavy atom. The predicted molar refractivity (Wildman–Crippen MR) is 94.1 cm³/mol. The lowest BCUT2D eigenvalue weighted by molar-refractivity contribution is -0.123. The Kier molecular flexibility index (Phi) is 6.67. The van der Waals surface area contributed by atoms with Crippen LogP contribution in [0.4, 0.5) is 0 Å². The van der Waals surface area contributed by atoms with Crippen LogP contribution in [0.2, 0.25) is 0 Å². The number of pyridine rings is 1. The van der Waals surface area contributed by atoms with Crippen molar-refractivity contribution >= 4 is 17.2 Å². The minimum absolute atomic E-state index is 0.0593. The maximum absolute atomic E-state index is 11.9. The summed E-state index contributed by atoms with van der Waals surface area (Å²) in [6.07, 6.45) is 6.16. The second-order valence-electron chi connectivity index (χ2n) is 5.67. The van der Waals surface area contributed by atoms with Crippen LogP contribution in [0.5, 0.6) is 0 Å². The fourth-order valence-corrected chi connectivity index (χ4v) is 3.01. The lowest BCUT2D eigenvalue weighted by atomic mass is 9.99. The van der Waals surface area contributed by atoms with E-state index in [0.29, 0.717) is 6.54 Å². The Balaban J connectivity index is 1.75. The van der Waals surface area contributed by atoms with Gasteiger partial charge in [0.1, 0.15) is 0 Å². The van der Waals surface area contributed by atoms with Crippen LogP contribution in [0, 0.1) is 5.92 Å². The number of amides is 1. The number of nitrogens with one attached hydrogen (secondary N) is 1. The Hall–Kier alpha value is -1.79. The summed E-state index contributed by atoms with van der Waals surface area (Å²) in [6.45, 7) is 4.67. The van der Waals surface area contributed by atoms with Crippen molar-refractivity contribution in [1.29, 1.82) is 0 Å². The molecule has 0 saturated heterocycles. The standard InChI is InChI=1S/C17H24N4OS/c1-3-12(2)16(18)17(22)20-8-4-5-15-21-14(11-23-15)13-6-9-19-10-7-13/h6-7,9-12,16H,3-5,8,18H2,1-2H3,(H,20,22). The molecule has 2 heterocycles. The number of aryl methyl sites for hydroxylation is 1. The number of rotatable bonds is 8. The Labute approximate surface area is 141 Å². The second kappa shape index (κ2) is 8.74. The predicted octanol–water partition coefficient (Wildman–Crippen LogP) is 2.63. The molecule has 0 bridgehead atoms. The summed E-state index contributed by atoms with van der Waals surface area (Å²) in [7, 11) is 0. The minimum Gasteiger partial charge on any atom is -0.355 e. The Bertz CT molecular complexity index is 614. The number of carbonyl (C=O) groups is 1. The van der Waals surface area contributed by atoms with Crippen LogP contribution in [-0.2, 0) is 11.2 Å². The first kappa shape index (κ1) is 17.6. The first-order chi connectivity index (χ1) is 11.1. The lowest BCUT2D eigenvalue weighted by Gasteiger charge is -2.17. The highest BCUT2D eigenvalue weighted by Gasteiger charge is 2.18. The molecule has 124 valence electrons. The van der Waals surface area contributed by atoms with Gasteiger partial charge in [0.05, 0.1) is 16.7 Å². The highest BCUT2D eigenvalue weighted by molar-refractivity contribution is 7.09. The SMILES string of the molecule is CCC(C)C(N)C(=O)NCCCc1nc(-c2ccncc2)cs1. The van der Waals surface area contributed by atoms with E-state index in [-0.39, 0.29) is 11.8 Å². The van der Waals surface area contributed by atoms with E-state index in [1.54, 1.807) is 23.7 Å². The summed E-state index contributed by atoms with van der Waals surface area (Å²) in [4.78, 5) is 20.5. The summed E-state index contributed by atoms with van der Waals surface area (Å²) >= 11 is 1.65. The average Bonchev–Trinajstić information content (AvgIpc) is 3.06. The molecule has 0 aromatic carbocycles. The minimum atomic E-state index is -0.418. The molecule has 0 aliphatic heterocycles. The highest BCUT2D eigenvalue weighted by Crippen LogP contribution is 2.21. The lowest BCUT2D eigenvalue weighted by Crippen LogP contribution is -2.44. The molecule has 0 radical (unpaired) electrons. The van der Waals surface area contributed by atoms with Gasteiger partial charge in [0, 0.05) is 36.3 Å². The molecule has 0 spiro atoms. The van der Waals surface area contributed by atoms with Crippen LogP contribution in [0.1, 0.15) is 31.7 Å². The molecule has 2 aromatic rings. The molecule has 2 rings (SSSR count). The molecule has 0 saturated carbocycles. The van der Waals surface area contributed by atoms with Gasteiger partial charge in [-0.25, -0.2) is 4.98 Å². The normalized spacial score (nSPS) is 13.5. The van der Waals surface area contributed by atoms with Crippen molar-refractivity contribution in [3.63, 3.8) is 0 Å². The molecule has 2 aromatic heterocycles. The Morgan fingerprint density at radius 3 is 2.83 bits per heavy atom. The molecule has 23 heavy (non-hydrogen) atoms. The Morgan fingerprint density at radius 2 is 2.13 bits per heavy atom. The van der Waals surface area contributed by atoms with E-state index in [1.807, 2.05) is 26.0 Å². The van der Waals surface area contributed by atoms with Crippen LogP contribution in [-0.4, -0.2) is 28.5 Å². The van der Waals surface area contributed by atoms with E-state index in [2.05, 4.69) is 20.7 Å². The molecular formula is C17H24N4OS. The number of thiazole rings is 1. The van der Waals surface area contributed by atoms with E-state index in [1.165, 1.54) is 0 Å². The fourth-order valence-electron chi connectivity index (χ4n) is 2.16. The second-order valence-corrected chi connectivity index (χ2v) is 6.61. The van der Waals surface area contributed by atoms with Crippen LogP contribution >= 0.6 is 11.3 Å². The van der Waals surface area contributed by atoms with Gasteiger partial charge in [0.15, 0.2) is 0 Å². The van der Waals surface area contributed by atoms with Gasteiger partial charge in [-0.15, -0.1) is 11.3 Å². The van der Waals surface area contributed by atoms with Crippen molar-refractivity contribution in [2.24, 2.45) is 11.7 Å². The van der Waals surface area contributed by atoms with Gasteiger partial charge in [0.25, 0.3) is 0 Å². The quantitative estimate of drug-likeness (QED) is 0.728. The van der Waals surface area contributed by atoms with Gasteiger partial charge >= 0.3 is 0 Å². The van der Waals surface area contributed by atoms with Crippen molar-refractivity contribution in [1.82, 2.24) is 15.3 Å². The molecule has 6 heteroatoms. The number of nitrogens with two attached hydrogens (primary N) is 1. The molecular weight excluding hydrogens is 308 g/mol. The highest BCUT2D eigenvalue weighted by atomic mass is 32.1. The first-order valence-corrected chi connectivity index (χ1v) is 8.88. The van der Waals surface area contributed by atoms with Gasteiger partial charge in [-0.3, -0.25) is 9.78 Å². The van der Waals surface area contributed by atoms with Gasteiger partial charge in [-0.1, -0.05) is 20.3 Å². The van der Waals surface area contributed by atoms with Gasteiger partial charge in [0.2, 0.25) is 5.91 Å². The number of aromatic nitrogens is 2. The van der Waals surface area contributed by atoms with E-state index in [9.17, 15) is 4.79 Å². The van der Waals surface area contributed by atoms with Crippen molar-refractivity contribution in [2.75, 3.05) is 6.54 Å². The molecule has 2 atom stereocenters. The molecule has 3 N–H and O–H groups in total. The number of hydrogen-bond donors (Lipinski definition) is 2. The van der Waals surface area contributed by atoms with E-state index >= 15 is 0 Å². The summed E-state index contributed by atoms with van der Waals surface area (Å²) in [5, 5.41) is 6.05. The maximum atomic E-state index is 11.9. The summed E-state index contributed by atoms with van der Waals surface area (Å²) in [5.74, 6) is 0.146. The number of nitrogens with zero attached hydrogens (tertiary/aromatic N) is 2. The van der Waals surface area contributed by atoms with Crippen molar-refractivity contribution in [3.8, 4) is 11.3 Å². The fraction of sp³-hybridized carbons (Fsp3) is 0.471. The molecule has 1 amide bonds. The largest absolute Gasteiger partial charge is 0.355 e. The smallest absolute Gasteiger partial charge is 0.237 e. The monoisotopic (exact) mass is 332 g/mol. The van der Waals surface area contributed by atoms with Crippen LogP contribution in [0.3, 0.4) is 0 Å². The average molecular weight is 332 g/mol. The summed E-state index contributed by atoms with van der Waals surface area (Å²) < 4.78 is 0. The van der Waals surface area contributed by atoms with Crippen LogP contribution in [0.15, 0.2) is 29.9 Å². The third kappa shape index (κ3) is 5.11. The van der Waals surface area contributed by atoms with Gasteiger partial charge in [-0.05, 0) is 24.5 Å². The molecule has 0 fully saturated rings. The third-order valence-electron chi connectivity index (χ3n) is 3.95. The summed E-state index contributed by atoms with van der Waals surface area (Å²) in [6, 6.07) is 3.49. The third-order valence-corrected chi connectivity index (χ3v) is 4.86. The van der Waals surface area contributed by atoms with Crippen molar-refractivity contribution in [2.45, 2.75) is 39.2 Å². The molecule has 0 aliphatic carbocycles. The first-order valence-electron chi connectivity index (χ1n) is 8.00. The van der Waals surface area contributed by atoms with E-state index in [0.717, 1.165) is 35.5 Å². The van der Waals surface area contributed by atoms with Crippen molar-refractivity contribution < 1.29 is 4.79 Å².